The highest BCUT2D eigenvalue weighted by atomic mass is 16.6. The van der Waals surface area contributed by atoms with Gasteiger partial charge in [0.15, 0.2) is 0 Å². The normalized spacial score (nSPS) is 15.6. The van der Waals surface area contributed by atoms with Crippen molar-refractivity contribution in [3.05, 3.63) is 54.0 Å². The molecule has 11 heteroatoms. The number of aromatic nitrogens is 2. The fourth-order valence-corrected chi connectivity index (χ4v) is 3.52. The van der Waals surface area contributed by atoms with Crippen LogP contribution in [0, 0.1) is 5.92 Å². The molecule has 4 amide bonds. The predicted molar refractivity (Wildman–Crippen MR) is 137 cm³/mol. The van der Waals surface area contributed by atoms with E-state index in [4.69, 9.17) is 10.5 Å². The molecule has 0 radical (unpaired) electrons. The molecular formula is C26H34N6O5. The number of nitrogens with one attached hydrogen (secondary N) is 2. The first-order valence-corrected chi connectivity index (χ1v) is 12.3. The standard InChI is InChI=1S/C16H23N3O3.C10H11N3O2/c1-16(2,3)22-15(21)19-9-6-13(7-10-19)18-14(20)12-5-4-8-17-11-12;11-9(14)7-3-4-12-8(5-7)13-10(15)6-1-2-6/h4-5,8,11,13H,6-7,9-10H2,1-3H3,(H,18,20);3-6H,1-2H2,(H2,11,14)(H,12,13,15). The molecule has 0 aromatic carbocycles. The Hall–Kier alpha value is -4.02. The van der Waals surface area contributed by atoms with E-state index in [1.807, 2.05) is 20.8 Å². The van der Waals surface area contributed by atoms with E-state index in [0.29, 0.717) is 30.0 Å². The fourth-order valence-electron chi connectivity index (χ4n) is 3.52. The summed E-state index contributed by atoms with van der Waals surface area (Å²) in [5, 5.41) is 5.63. The third kappa shape index (κ3) is 9.17. The number of ether oxygens (including phenoxy) is 1. The maximum absolute atomic E-state index is 12.1. The number of nitrogens with two attached hydrogens (primary N) is 1. The van der Waals surface area contributed by atoms with Crippen molar-refractivity contribution in [1.29, 1.82) is 0 Å². The zero-order valence-electron chi connectivity index (χ0n) is 21.4. The van der Waals surface area contributed by atoms with Crippen LogP contribution in [0.3, 0.4) is 0 Å². The average Bonchev–Trinajstić information content (AvgIpc) is 3.70. The van der Waals surface area contributed by atoms with Crippen molar-refractivity contribution >= 4 is 29.6 Å². The molecule has 198 valence electrons. The summed E-state index contributed by atoms with van der Waals surface area (Å²) in [5.41, 5.74) is 5.52. The number of rotatable bonds is 5. The molecule has 0 atom stereocenters. The van der Waals surface area contributed by atoms with Crippen LogP contribution in [0.1, 0.15) is 67.2 Å². The molecular weight excluding hydrogens is 476 g/mol. The molecule has 11 nitrogen and oxygen atoms in total. The molecule has 1 aliphatic carbocycles. The van der Waals surface area contributed by atoms with E-state index in [1.54, 1.807) is 29.4 Å². The van der Waals surface area contributed by atoms with Gasteiger partial charge in [0.25, 0.3) is 5.91 Å². The molecule has 1 aliphatic heterocycles. The van der Waals surface area contributed by atoms with Crippen molar-refractivity contribution in [3.8, 4) is 0 Å². The lowest BCUT2D eigenvalue weighted by molar-refractivity contribution is -0.117. The number of amides is 4. The summed E-state index contributed by atoms with van der Waals surface area (Å²) in [7, 11) is 0. The van der Waals surface area contributed by atoms with E-state index in [1.165, 1.54) is 18.3 Å². The summed E-state index contributed by atoms with van der Waals surface area (Å²) in [6.07, 6.45) is 7.66. The summed E-state index contributed by atoms with van der Waals surface area (Å²) in [6.45, 7) is 6.74. The highest BCUT2D eigenvalue weighted by Gasteiger charge is 2.30. The van der Waals surface area contributed by atoms with Gasteiger partial charge in [0.2, 0.25) is 11.8 Å². The Labute approximate surface area is 216 Å². The van der Waals surface area contributed by atoms with E-state index < -0.39 is 11.5 Å². The lowest BCUT2D eigenvalue weighted by atomic mass is 10.0. The molecule has 2 aliphatic rings. The number of hydrogen-bond donors (Lipinski definition) is 3. The highest BCUT2D eigenvalue weighted by Crippen LogP contribution is 2.29. The number of carbonyl (C=O) groups excluding carboxylic acids is 4. The number of anilines is 1. The molecule has 4 N–H and O–H groups in total. The quantitative estimate of drug-likeness (QED) is 0.558. The SMILES string of the molecule is CC(C)(C)OC(=O)N1CCC(NC(=O)c2cccnc2)CC1.NC(=O)c1ccnc(NC(=O)C2CC2)c1. The van der Waals surface area contributed by atoms with E-state index >= 15 is 0 Å². The van der Waals surface area contributed by atoms with Crippen molar-refractivity contribution in [1.82, 2.24) is 20.2 Å². The zero-order chi connectivity index (χ0) is 27.0. The Morgan fingerprint density at radius 1 is 1.03 bits per heavy atom. The van der Waals surface area contributed by atoms with Gasteiger partial charge in [-0.05, 0) is 70.7 Å². The molecule has 2 aromatic rings. The van der Waals surface area contributed by atoms with Crippen molar-refractivity contribution in [2.75, 3.05) is 18.4 Å². The van der Waals surface area contributed by atoms with Gasteiger partial charge in [0.1, 0.15) is 11.4 Å². The number of pyridine rings is 2. The van der Waals surface area contributed by atoms with Crippen LogP contribution < -0.4 is 16.4 Å². The first kappa shape index (κ1) is 27.6. The number of likely N-dealkylation sites (tertiary alicyclic amines) is 1. The molecule has 0 spiro atoms. The summed E-state index contributed by atoms with van der Waals surface area (Å²) < 4.78 is 5.35. The van der Waals surface area contributed by atoms with Gasteiger partial charge in [-0.25, -0.2) is 9.78 Å². The highest BCUT2D eigenvalue weighted by molar-refractivity contribution is 5.96. The third-order valence-corrected chi connectivity index (χ3v) is 5.65. The second kappa shape index (κ2) is 12.3. The van der Waals surface area contributed by atoms with Crippen LogP contribution in [0.5, 0.6) is 0 Å². The lowest BCUT2D eigenvalue weighted by Crippen LogP contribution is -2.47. The molecule has 0 unspecified atom stereocenters. The van der Waals surface area contributed by atoms with E-state index in [2.05, 4.69) is 20.6 Å². The lowest BCUT2D eigenvalue weighted by Gasteiger charge is -2.33. The van der Waals surface area contributed by atoms with Crippen molar-refractivity contribution in [2.45, 2.75) is 58.1 Å². The molecule has 4 rings (SSSR count). The summed E-state index contributed by atoms with van der Waals surface area (Å²) >= 11 is 0. The minimum Gasteiger partial charge on any atom is -0.444 e. The molecule has 2 aromatic heterocycles. The Kier molecular flexibility index (Phi) is 9.15. The van der Waals surface area contributed by atoms with E-state index in [9.17, 15) is 19.2 Å². The van der Waals surface area contributed by atoms with Crippen LogP contribution in [-0.4, -0.2) is 63.4 Å². The van der Waals surface area contributed by atoms with Gasteiger partial charge in [-0.2, -0.15) is 0 Å². The van der Waals surface area contributed by atoms with Crippen LogP contribution in [0.2, 0.25) is 0 Å². The van der Waals surface area contributed by atoms with Gasteiger partial charge in [-0.3, -0.25) is 19.4 Å². The Morgan fingerprint density at radius 3 is 2.30 bits per heavy atom. The minimum atomic E-state index is -0.528. The molecule has 2 fully saturated rings. The van der Waals surface area contributed by atoms with Gasteiger partial charge in [-0.15, -0.1) is 0 Å². The smallest absolute Gasteiger partial charge is 0.410 e. The molecule has 3 heterocycles. The van der Waals surface area contributed by atoms with Crippen LogP contribution >= 0.6 is 0 Å². The fraction of sp³-hybridized carbons (Fsp3) is 0.462. The van der Waals surface area contributed by atoms with Crippen molar-refractivity contribution in [3.63, 3.8) is 0 Å². The van der Waals surface area contributed by atoms with Gasteiger partial charge in [0.05, 0.1) is 5.56 Å². The second-order valence-corrected chi connectivity index (χ2v) is 10.0. The average molecular weight is 511 g/mol. The molecule has 0 bridgehead atoms. The summed E-state index contributed by atoms with van der Waals surface area (Å²) in [5.74, 6) is -0.195. The Bertz CT molecular complexity index is 1110. The van der Waals surface area contributed by atoms with Gasteiger partial charge >= 0.3 is 6.09 Å². The van der Waals surface area contributed by atoms with E-state index in [-0.39, 0.29) is 29.9 Å². The van der Waals surface area contributed by atoms with Crippen LogP contribution in [0.4, 0.5) is 10.6 Å². The van der Waals surface area contributed by atoms with E-state index in [0.717, 1.165) is 25.7 Å². The molecule has 1 saturated carbocycles. The molecule has 1 saturated heterocycles. The number of hydrogen-bond acceptors (Lipinski definition) is 7. The second-order valence-electron chi connectivity index (χ2n) is 10.0. The van der Waals surface area contributed by atoms with Crippen LogP contribution in [0.25, 0.3) is 0 Å². The number of nitrogens with zero attached hydrogens (tertiary/aromatic N) is 3. The van der Waals surface area contributed by atoms with Crippen molar-refractivity contribution < 1.29 is 23.9 Å². The number of piperidine rings is 1. The summed E-state index contributed by atoms with van der Waals surface area (Å²) in [4.78, 5) is 55.8. The Balaban J connectivity index is 0.000000220. The first-order chi connectivity index (χ1) is 17.5. The maximum Gasteiger partial charge on any atom is 0.410 e. The largest absolute Gasteiger partial charge is 0.444 e. The topological polar surface area (TPSA) is 157 Å². The molecule has 37 heavy (non-hydrogen) atoms. The Morgan fingerprint density at radius 2 is 1.73 bits per heavy atom. The summed E-state index contributed by atoms with van der Waals surface area (Å²) in [6, 6.07) is 6.53. The van der Waals surface area contributed by atoms with Crippen molar-refractivity contribution in [2.24, 2.45) is 11.7 Å². The van der Waals surface area contributed by atoms with Crippen LogP contribution in [-0.2, 0) is 9.53 Å². The first-order valence-electron chi connectivity index (χ1n) is 12.3. The zero-order valence-corrected chi connectivity index (χ0v) is 21.4. The number of primary amides is 1. The van der Waals surface area contributed by atoms with Gasteiger partial charge in [0, 0.05) is 49.2 Å². The van der Waals surface area contributed by atoms with Gasteiger partial charge in [-0.1, -0.05) is 0 Å². The number of carbonyl (C=O) groups is 4. The predicted octanol–water partition coefficient (Wildman–Crippen LogP) is 2.74. The maximum atomic E-state index is 12.1. The minimum absolute atomic E-state index is 0.0379. The van der Waals surface area contributed by atoms with Gasteiger partial charge < -0.3 is 26.0 Å². The monoisotopic (exact) mass is 510 g/mol. The third-order valence-electron chi connectivity index (χ3n) is 5.65. The van der Waals surface area contributed by atoms with Crippen LogP contribution in [0.15, 0.2) is 42.9 Å².